The first-order valence-corrected chi connectivity index (χ1v) is 8.55. The van der Waals surface area contributed by atoms with Gasteiger partial charge < -0.3 is 10.1 Å². The van der Waals surface area contributed by atoms with E-state index in [1.165, 1.54) is 12.8 Å². The third kappa shape index (κ3) is 4.63. The summed E-state index contributed by atoms with van der Waals surface area (Å²) in [7, 11) is 0. The number of thioether (sulfide) groups is 1. The quantitative estimate of drug-likeness (QED) is 0.614. The molecule has 1 aromatic heterocycles. The van der Waals surface area contributed by atoms with E-state index in [1.807, 2.05) is 0 Å². The number of ether oxygens (including phenoxy) is 1. The largest absolute Gasteiger partial charge is 0.377 e. The van der Waals surface area contributed by atoms with Crippen molar-refractivity contribution in [2.75, 3.05) is 24.2 Å². The lowest BCUT2D eigenvalue weighted by atomic mass is 10.2. The van der Waals surface area contributed by atoms with Gasteiger partial charge in [-0.05, 0) is 19.3 Å². The van der Waals surface area contributed by atoms with E-state index in [0.29, 0.717) is 12.0 Å². The fraction of sp³-hybridized carbons (Fsp3) is 0.733. The van der Waals surface area contributed by atoms with Gasteiger partial charge in [0.2, 0.25) is 0 Å². The van der Waals surface area contributed by atoms with Crippen LogP contribution in [0.2, 0.25) is 0 Å². The van der Waals surface area contributed by atoms with Crippen molar-refractivity contribution < 1.29 is 4.74 Å². The molecule has 1 aromatic rings. The fourth-order valence-corrected chi connectivity index (χ4v) is 3.05. The summed E-state index contributed by atoms with van der Waals surface area (Å²) >= 11 is 1.78. The van der Waals surface area contributed by atoms with Crippen LogP contribution in [0.15, 0.2) is 11.1 Å². The molecule has 1 N–H and O–H groups in total. The van der Waals surface area contributed by atoms with Crippen LogP contribution in [-0.2, 0) is 4.74 Å². The molecule has 0 radical (unpaired) electrons. The highest BCUT2D eigenvalue weighted by molar-refractivity contribution is 7.99. The van der Waals surface area contributed by atoms with Crippen LogP contribution in [0.4, 0.5) is 5.82 Å². The Kier molecular flexibility index (Phi) is 6.10. The number of anilines is 1. The normalized spacial score (nSPS) is 18.7. The lowest BCUT2D eigenvalue weighted by Gasteiger charge is -2.12. The second kappa shape index (κ2) is 7.84. The van der Waals surface area contributed by atoms with Crippen LogP contribution >= 0.6 is 11.8 Å². The second-order valence-electron chi connectivity index (χ2n) is 5.48. The molecule has 2 rings (SSSR count). The molecular formula is C15H25N3OS. The van der Waals surface area contributed by atoms with Crippen molar-refractivity contribution >= 4 is 17.6 Å². The van der Waals surface area contributed by atoms with Crippen LogP contribution in [0.1, 0.15) is 51.8 Å². The number of hydrogen-bond donors (Lipinski definition) is 1. The molecule has 112 valence electrons. The highest BCUT2D eigenvalue weighted by atomic mass is 32.2. The topological polar surface area (TPSA) is 47.0 Å². The predicted molar refractivity (Wildman–Crippen MR) is 84.6 cm³/mol. The third-order valence-corrected chi connectivity index (χ3v) is 4.28. The Morgan fingerprint density at radius 3 is 2.95 bits per heavy atom. The molecule has 1 saturated heterocycles. The van der Waals surface area contributed by atoms with Gasteiger partial charge in [0.05, 0.1) is 6.10 Å². The highest BCUT2D eigenvalue weighted by Gasteiger charge is 2.16. The van der Waals surface area contributed by atoms with Gasteiger partial charge in [0.1, 0.15) is 16.7 Å². The van der Waals surface area contributed by atoms with E-state index in [4.69, 9.17) is 4.74 Å². The van der Waals surface area contributed by atoms with Crippen molar-refractivity contribution in [2.45, 2.75) is 57.1 Å². The van der Waals surface area contributed by atoms with E-state index < -0.39 is 0 Å². The average Bonchev–Trinajstić information content (AvgIpc) is 2.96. The first-order valence-electron chi connectivity index (χ1n) is 7.56. The number of nitrogens with zero attached hydrogens (tertiary/aromatic N) is 2. The van der Waals surface area contributed by atoms with E-state index in [0.717, 1.165) is 42.0 Å². The fourth-order valence-electron chi connectivity index (χ4n) is 2.07. The molecule has 1 unspecified atom stereocenters. The monoisotopic (exact) mass is 295 g/mol. The van der Waals surface area contributed by atoms with E-state index in [9.17, 15) is 0 Å². The molecule has 0 aromatic carbocycles. The third-order valence-electron chi connectivity index (χ3n) is 3.23. The van der Waals surface area contributed by atoms with Gasteiger partial charge in [0, 0.05) is 30.9 Å². The average molecular weight is 295 g/mol. The number of aromatic nitrogens is 2. The van der Waals surface area contributed by atoms with Gasteiger partial charge in [-0.15, -0.1) is 11.8 Å². The van der Waals surface area contributed by atoms with Gasteiger partial charge in [-0.1, -0.05) is 20.8 Å². The summed E-state index contributed by atoms with van der Waals surface area (Å²) in [5.74, 6) is 3.20. The Bertz CT molecular complexity index is 420. The van der Waals surface area contributed by atoms with Crippen molar-refractivity contribution in [2.24, 2.45) is 0 Å². The van der Waals surface area contributed by atoms with Crippen molar-refractivity contribution in [3.63, 3.8) is 0 Å². The zero-order chi connectivity index (χ0) is 14.4. The van der Waals surface area contributed by atoms with Gasteiger partial charge in [-0.2, -0.15) is 0 Å². The summed E-state index contributed by atoms with van der Waals surface area (Å²) in [4.78, 5) is 9.24. The molecule has 1 aliphatic heterocycles. The van der Waals surface area contributed by atoms with Crippen LogP contribution < -0.4 is 5.32 Å². The van der Waals surface area contributed by atoms with Crippen LogP contribution in [-0.4, -0.2) is 35.0 Å². The summed E-state index contributed by atoms with van der Waals surface area (Å²) in [6.07, 6.45) is 3.86. The second-order valence-corrected chi connectivity index (χ2v) is 6.52. The molecule has 0 amide bonds. The minimum atomic E-state index is 0.348. The lowest BCUT2D eigenvalue weighted by Crippen LogP contribution is -2.10. The molecule has 20 heavy (non-hydrogen) atoms. The maximum absolute atomic E-state index is 5.67. The zero-order valence-electron chi connectivity index (χ0n) is 12.7. The molecule has 2 heterocycles. The number of rotatable bonds is 7. The first kappa shape index (κ1) is 15.6. The molecule has 1 atom stereocenters. The van der Waals surface area contributed by atoms with Crippen LogP contribution in [0.5, 0.6) is 0 Å². The molecule has 0 spiro atoms. The zero-order valence-corrected chi connectivity index (χ0v) is 13.5. The van der Waals surface area contributed by atoms with E-state index in [-0.39, 0.29) is 0 Å². The summed E-state index contributed by atoms with van der Waals surface area (Å²) in [6, 6.07) is 2.06. The maximum Gasteiger partial charge on any atom is 0.134 e. The van der Waals surface area contributed by atoms with Gasteiger partial charge in [-0.3, -0.25) is 0 Å². The van der Waals surface area contributed by atoms with Gasteiger partial charge >= 0.3 is 0 Å². The Morgan fingerprint density at radius 1 is 1.45 bits per heavy atom. The molecule has 4 nitrogen and oxygen atoms in total. The Morgan fingerprint density at radius 2 is 2.30 bits per heavy atom. The van der Waals surface area contributed by atoms with Crippen LogP contribution in [0.3, 0.4) is 0 Å². The van der Waals surface area contributed by atoms with Gasteiger partial charge in [0.15, 0.2) is 0 Å². The maximum atomic E-state index is 5.67. The Labute approximate surface area is 126 Å². The first-order chi connectivity index (χ1) is 9.69. The van der Waals surface area contributed by atoms with Crippen LogP contribution in [0, 0.1) is 0 Å². The Balaban J connectivity index is 2.02. The summed E-state index contributed by atoms with van der Waals surface area (Å²) in [5, 5.41) is 4.42. The minimum absolute atomic E-state index is 0.348. The van der Waals surface area contributed by atoms with Crippen molar-refractivity contribution in [3.8, 4) is 0 Å². The summed E-state index contributed by atoms with van der Waals surface area (Å²) in [5.41, 5.74) is 0. The molecular weight excluding hydrogens is 270 g/mol. The predicted octanol–water partition coefficient (Wildman–Crippen LogP) is 3.69. The van der Waals surface area contributed by atoms with E-state index >= 15 is 0 Å². The number of nitrogens with one attached hydrogen (secondary N) is 1. The van der Waals surface area contributed by atoms with E-state index in [2.05, 4.69) is 42.1 Å². The molecule has 0 aliphatic carbocycles. The summed E-state index contributed by atoms with van der Waals surface area (Å²) < 4.78 is 5.67. The van der Waals surface area contributed by atoms with Gasteiger partial charge in [-0.25, -0.2) is 9.97 Å². The molecule has 0 bridgehead atoms. The summed E-state index contributed by atoms with van der Waals surface area (Å²) in [6.45, 7) is 8.28. The molecule has 1 fully saturated rings. The number of hydrogen-bond acceptors (Lipinski definition) is 5. The smallest absolute Gasteiger partial charge is 0.134 e. The minimum Gasteiger partial charge on any atom is -0.377 e. The molecule has 1 aliphatic rings. The van der Waals surface area contributed by atoms with Crippen LogP contribution in [0.25, 0.3) is 0 Å². The lowest BCUT2D eigenvalue weighted by molar-refractivity contribution is 0.129. The van der Waals surface area contributed by atoms with Gasteiger partial charge in [0.25, 0.3) is 0 Å². The molecule has 0 saturated carbocycles. The van der Waals surface area contributed by atoms with Crippen molar-refractivity contribution in [1.29, 1.82) is 0 Å². The SMILES string of the molecule is CCCNc1cc(SCC2CCCO2)nc(C(C)C)n1. The van der Waals surface area contributed by atoms with Crippen molar-refractivity contribution in [1.82, 2.24) is 9.97 Å². The highest BCUT2D eigenvalue weighted by Crippen LogP contribution is 2.25. The Hall–Kier alpha value is -0.810. The van der Waals surface area contributed by atoms with Crippen molar-refractivity contribution in [3.05, 3.63) is 11.9 Å². The molecule has 5 heteroatoms. The van der Waals surface area contributed by atoms with E-state index in [1.54, 1.807) is 11.8 Å². The standard InChI is InChI=1S/C15H25N3OS/c1-4-7-16-13-9-14(18-15(17-13)11(2)3)20-10-12-6-5-8-19-12/h9,11-12H,4-8,10H2,1-3H3,(H,16,17,18).